The van der Waals surface area contributed by atoms with E-state index < -0.39 is 11.9 Å². The predicted octanol–water partition coefficient (Wildman–Crippen LogP) is 14.6. The van der Waals surface area contributed by atoms with Crippen molar-refractivity contribution in [3.63, 3.8) is 0 Å². The van der Waals surface area contributed by atoms with Crippen LogP contribution in [0.2, 0.25) is 6.82 Å². The van der Waals surface area contributed by atoms with Crippen molar-refractivity contribution in [3.8, 4) is 0 Å². The molecule has 6 rings (SSSR count). The van der Waals surface area contributed by atoms with Crippen LogP contribution in [-0.4, -0.2) is 82.4 Å². The van der Waals surface area contributed by atoms with E-state index in [1.807, 2.05) is 20.7 Å². The normalized spacial score (nSPS) is 18.5. The topological polar surface area (TPSA) is 198 Å². The first-order valence-corrected chi connectivity index (χ1v) is 33.2. The number of aliphatic hydroxyl groups is 2. The van der Waals surface area contributed by atoms with Crippen LogP contribution in [0.3, 0.4) is 0 Å². The van der Waals surface area contributed by atoms with Crippen molar-refractivity contribution < 1.29 is 106 Å². The Bertz CT molecular complexity index is 1620. The third-order valence-corrected chi connectivity index (χ3v) is 19.1. The van der Waals surface area contributed by atoms with Gasteiger partial charge in [0.2, 0.25) is 0 Å². The largest absolute Gasteiger partial charge is 1.00 e. The molecule has 6 aliphatic rings. The number of aliphatic hydroxyl groups excluding tert-OH is 2. The van der Waals surface area contributed by atoms with Crippen molar-refractivity contribution in [2.24, 2.45) is 32.5 Å². The summed E-state index contributed by atoms with van der Waals surface area (Å²) in [7, 11) is 0. The minimum Gasteiger partial charge on any atom is -0.870 e. The molecule has 0 aliphatic heterocycles. The van der Waals surface area contributed by atoms with Crippen LogP contribution < -0.4 is 51.4 Å². The number of carboxylic acid groups (broad SMARTS) is 2. The molecule has 79 heavy (non-hydrogen) atoms. The number of carbonyl (C=O) groups excluding carboxylic acids is 2. The van der Waals surface area contributed by atoms with Gasteiger partial charge in [0.05, 0.1) is 34.9 Å². The van der Waals surface area contributed by atoms with Gasteiger partial charge in [-0.3, -0.25) is 19.2 Å². The fourth-order valence-corrected chi connectivity index (χ4v) is 11.8. The van der Waals surface area contributed by atoms with Crippen molar-refractivity contribution >= 4 is 42.1 Å². The number of aliphatic carboxylic acids is 2. The van der Waals surface area contributed by atoms with Gasteiger partial charge in [0.15, 0.2) is 0 Å². The molecule has 6 saturated carbocycles. The molecule has 6 fully saturated rings. The van der Waals surface area contributed by atoms with Crippen LogP contribution in [0.15, 0.2) is 0 Å². The van der Waals surface area contributed by atoms with E-state index in [-0.39, 0.29) is 90.5 Å². The molecule has 0 atom stereocenters. The summed E-state index contributed by atoms with van der Waals surface area (Å²) >= 11 is 4.27. The van der Waals surface area contributed by atoms with Crippen LogP contribution in [0, 0.1) is 32.5 Å². The number of carbonyl (C=O) groups is 4. The molecule has 11 nitrogen and oxygen atoms in total. The Hall–Kier alpha value is -0.319. The first-order valence-electron chi connectivity index (χ1n) is 32.7. The van der Waals surface area contributed by atoms with Gasteiger partial charge in [-0.2, -0.15) is 0 Å². The fourth-order valence-electron chi connectivity index (χ4n) is 11.8. The molecule has 5 N–H and O–H groups in total. The number of unbranched alkanes of at least 4 members (excludes halogenated alkanes) is 27. The van der Waals surface area contributed by atoms with Gasteiger partial charge in [-0.1, -0.05) is 193 Å². The van der Waals surface area contributed by atoms with Crippen molar-refractivity contribution in [3.05, 3.63) is 0 Å². The van der Waals surface area contributed by atoms with Crippen LogP contribution in [-0.2, 0) is 28.7 Å². The van der Waals surface area contributed by atoms with Crippen LogP contribution in [0.5, 0.6) is 0 Å². The number of hydrogen-bond acceptors (Lipinski definition) is 10. The summed E-state index contributed by atoms with van der Waals surface area (Å²) in [5, 5.41) is 36.8. The molecule has 0 heterocycles. The van der Waals surface area contributed by atoms with Gasteiger partial charge in [0.1, 0.15) is 0 Å². The summed E-state index contributed by atoms with van der Waals surface area (Å²) in [6, 6.07) is 0. The smallest absolute Gasteiger partial charge is 0.870 e. The third kappa shape index (κ3) is 32.7. The SMILES string of the molecule is CB=S.CCOC(=O)C1(CCCCCCCCCCCCC2(C(=O)O)CC2)CC1.CCOC(=O)C1(CCCCCCCCCCCCC2(CO)CC2)CC1.O=C(O)C1(CCCCCCCCCCCCC2(CO)CC2)CC1.[K+].[OH-]. The molecule has 0 saturated heterocycles. The minimum atomic E-state index is -0.577. The quantitative estimate of drug-likeness (QED) is 0.0256. The molecule has 0 bridgehead atoms. The molecule has 0 aromatic heterocycles. The number of hydrogen-bond donors (Lipinski definition) is 4. The maximum absolute atomic E-state index is 11.9. The molecule has 0 aromatic rings. The summed E-state index contributed by atoms with van der Waals surface area (Å²) in [5.74, 6) is -1.05. The zero-order chi connectivity index (χ0) is 56.2. The van der Waals surface area contributed by atoms with Crippen molar-refractivity contribution in [1.29, 1.82) is 0 Å². The first kappa shape index (κ1) is 76.7. The molecule has 0 amide bonds. The van der Waals surface area contributed by atoms with Crippen molar-refractivity contribution in [1.82, 2.24) is 0 Å². The zero-order valence-corrected chi connectivity index (χ0v) is 55.4. The fraction of sp³-hybridized carbons (Fsp3) is 0.938. The molecular formula is C65H118BKO11S. The molecule has 14 heteroatoms. The zero-order valence-electron chi connectivity index (χ0n) is 51.4. The van der Waals surface area contributed by atoms with E-state index in [9.17, 15) is 29.4 Å². The van der Waals surface area contributed by atoms with Crippen molar-refractivity contribution in [2.75, 3.05) is 26.4 Å². The van der Waals surface area contributed by atoms with Crippen LogP contribution in [0.1, 0.15) is 322 Å². The van der Waals surface area contributed by atoms with Gasteiger partial charge in [-0.05, 0) is 140 Å². The first-order chi connectivity index (χ1) is 37.2. The molecule has 0 unspecified atom stereocenters. The van der Waals surface area contributed by atoms with E-state index in [4.69, 9.17) is 19.7 Å². The average Bonchev–Trinajstić information content (AvgIpc) is 4.21. The molecule has 0 aromatic carbocycles. The van der Waals surface area contributed by atoms with Gasteiger partial charge in [0, 0.05) is 13.2 Å². The predicted molar refractivity (Wildman–Crippen MR) is 320 cm³/mol. The summed E-state index contributed by atoms with van der Waals surface area (Å²) < 4.78 is 10.4. The standard InChI is InChI=1S/C22H38O4.C22H40O3.C20H36O3.CH3BS.K.H2O/c1-2-26-20(25)22(17-18-22)14-12-10-8-6-4-3-5-7-9-11-13-21(15-16-21)19(23)24;1-2-25-20(24)22(17-18-22)14-12-10-8-6-4-3-5-7-9-11-13-21(19-23)15-16-21;21-17-19(13-14-19)11-9-7-5-3-1-2-4-6-8-10-12-20(15-16-20)18(22)23;1-2-3;;/h2-18H2,1H3,(H,23,24);23H,2-19H2,1H3;21H,1-17H2,(H,22,23);1H3;;1H2/q;;;;+1;/p-1. The van der Waals surface area contributed by atoms with E-state index in [0.717, 1.165) is 96.3 Å². The Kier molecular flexibility index (Phi) is 42.1. The van der Waals surface area contributed by atoms with Crippen molar-refractivity contribution in [2.45, 2.75) is 329 Å². The maximum Gasteiger partial charge on any atom is 1.00 e. The molecule has 6 aliphatic carbocycles. The van der Waals surface area contributed by atoms with Crippen LogP contribution in [0.4, 0.5) is 0 Å². The molecule has 454 valence electrons. The summed E-state index contributed by atoms with van der Waals surface area (Å²) in [6.07, 6.45) is 59.2. The van der Waals surface area contributed by atoms with Crippen LogP contribution in [0.25, 0.3) is 0 Å². The maximum atomic E-state index is 11.9. The third-order valence-electron chi connectivity index (χ3n) is 19.1. The Morgan fingerprint density at radius 2 is 0.544 bits per heavy atom. The van der Waals surface area contributed by atoms with Crippen LogP contribution >= 0.6 is 12.1 Å². The van der Waals surface area contributed by atoms with Gasteiger partial charge in [-0.15, -0.1) is 0 Å². The average molecular weight is 1160 g/mol. The van der Waals surface area contributed by atoms with Gasteiger partial charge in [-0.25, -0.2) is 0 Å². The number of ether oxygens (including phenoxy) is 2. The number of carboxylic acids is 2. The molecule has 0 spiro atoms. The monoisotopic (exact) mass is 1160 g/mol. The Balaban J connectivity index is 0.000000571. The Morgan fingerprint density at radius 1 is 0.367 bits per heavy atom. The van der Waals surface area contributed by atoms with E-state index in [2.05, 4.69) is 12.1 Å². The van der Waals surface area contributed by atoms with E-state index in [1.54, 1.807) is 6.15 Å². The number of rotatable bonds is 47. The van der Waals surface area contributed by atoms with E-state index in [0.29, 0.717) is 37.3 Å². The number of esters is 2. The second kappa shape index (κ2) is 43.3. The van der Waals surface area contributed by atoms with Gasteiger partial charge >= 0.3 is 100 Å². The summed E-state index contributed by atoms with van der Waals surface area (Å²) in [4.78, 5) is 45.9. The van der Waals surface area contributed by atoms with E-state index >= 15 is 0 Å². The second-order valence-electron chi connectivity index (χ2n) is 25.8. The summed E-state index contributed by atoms with van der Waals surface area (Å²) in [5.41, 5.74) is -0.117. The Labute approximate surface area is 531 Å². The Morgan fingerprint density at radius 3 is 0.696 bits per heavy atom. The molecule has 0 radical (unpaired) electrons. The second-order valence-corrected chi connectivity index (χ2v) is 26.3. The van der Waals surface area contributed by atoms with E-state index in [1.165, 1.54) is 212 Å². The summed E-state index contributed by atoms with van der Waals surface area (Å²) in [6.45, 7) is 7.42. The minimum absolute atomic E-state index is 0. The van der Waals surface area contributed by atoms with Gasteiger partial charge < -0.3 is 35.4 Å². The molecular weight excluding hydrogens is 1040 g/mol. The van der Waals surface area contributed by atoms with Gasteiger partial charge in [0.25, 0.3) is 0 Å².